The lowest BCUT2D eigenvalue weighted by Crippen LogP contribution is -2.37. The third-order valence-corrected chi connectivity index (χ3v) is 7.19. The van der Waals surface area contributed by atoms with E-state index in [-0.39, 0.29) is 5.97 Å². The van der Waals surface area contributed by atoms with E-state index < -0.39 is 0 Å². The van der Waals surface area contributed by atoms with E-state index in [1.807, 2.05) is 0 Å². The van der Waals surface area contributed by atoms with Crippen LogP contribution in [0, 0.1) is 17.3 Å². The number of benzene rings is 1. The molecule has 0 N–H and O–H groups in total. The number of methoxy groups -OCH3 is 1. The van der Waals surface area contributed by atoms with Crippen LogP contribution in [0.4, 0.5) is 0 Å². The van der Waals surface area contributed by atoms with Crippen LogP contribution in [0.5, 0.6) is 0 Å². The molecule has 0 aromatic heterocycles. The first-order valence-corrected chi connectivity index (χ1v) is 11.2. The molecule has 0 unspecified atom stereocenters. The van der Waals surface area contributed by atoms with Gasteiger partial charge in [-0.3, -0.25) is 4.79 Å². The van der Waals surface area contributed by atoms with Gasteiger partial charge in [0.2, 0.25) is 0 Å². The number of unbranched alkanes of at least 4 members (excludes halogenated alkanes) is 1. The standard InChI is InChI=1S/C23H31BrO3/c1-26-22(25)12-8-3-2-7-11-20-19(16-24)21-15-23(20,17-27-21)14-13-18-9-5-4-6-10-18/h2,4-7,9-10,19-21H,3,8,11-17H2,1H3/b7-2-/t19-,20-,21-,23-/m1/s1. The highest BCUT2D eigenvalue weighted by atomic mass is 79.9. The minimum Gasteiger partial charge on any atom is -0.469 e. The molecule has 3 rings (SSSR count). The molecule has 0 amide bonds. The van der Waals surface area contributed by atoms with E-state index in [1.54, 1.807) is 0 Å². The molecule has 1 aliphatic carbocycles. The van der Waals surface area contributed by atoms with Gasteiger partial charge in [0.1, 0.15) is 0 Å². The zero-order valence-electron chi connectivity index (χ0n) is 16.2. The van der Waals surface area contributed by atoms with Gasteiger partial charge in [-0.2, -0.15) is 0 Å². The number of halogens is 1. The molecule has 0 radical (unpaired) electrons. The first-order chi connectivity index (χ1) is 13.2. The number of alkyl halides is 1. The molecular formula is C23H31BrO3. The first-order valence-electron chi connectivity index (χ1n) is 10.1. The van der Waals surface area contributed by atoms with Gasteiger partial charge in [-0.15, -0.1) is 0 Å². The van der Waals surface area contributed by atoms with Crippen LogP contribution < -0.4 is 0 Å². The lowest BCUT2D eigenvalue weighted by molar-refractivity contribution is -0.140. The average Bonchev–Trinajstić information content (AvgIpc) is 3.26. The number of carbonyl (C=O) groups excluding carboxylic acids is 1. The Morgan fingerprint density at radius 2 is 2.15 bits per heavy atom. The number of fused-ring (bicyclic) bond motifs is 2. The molecule has 1 aliphatic heterocycles. The SMILES string of the molecule is COC(=O)CCC/C=C\C[C@@H]1[C@@H](CBr)[C@H]2C[C@]1(CCc1ccccc1)CO2. The molecule has 3 nitrogen and oxygen atoms in total. The van der Waals surface area contributed by atoms with Crippen molar-refractivity contribution in [3.63, 3.8) is 0 Å². The first kappa shape index (κ1) is 20.6. The van der Waals surface area contributed by atoms with Crippen LogP contribution in [0.15, 0.2) is 42.5 Å². The van der Waals surface area contributed by atoms with Crippen molar-refractivity contribution in [2.45, 2.75) is 51.0 Å². The van der Waals surface area contributed by atoms with Crippen LogP contribution in [-0.4, -0.2) is 31.1 Å². The van der Waals surface area contributed by atoms with Gasteiger partial charge < -0.3 is 9.47 Å². The summed E-state index contributed by atoms with van der Waals surface area (Å²) in [6.07, 6.45) is 12.0. The van der Waals surface area contributed by atoms with Gasteiger partial charge in [0.05, 0.1) is 19.8 Å². The van der Waals surface area contributed by atoms with Gasteiger partial charge in [-0.1, -0.05) is 58.4 Å². The second-order valence-corrected chi connectivity index (χ2v) is 8.65. The van der Waals surface area contributed by atoms with E-state index in [4.69, 9.17) is 9.47 Å². The number of ether oxygens (including phenoxy) is 2. The minimum atomic E-state index is -0.118. The molecule has 0 spiro atoms. The predicted molar refractivity (Wildman–Crippen MR) is 112 cm³/mol. The highest BCUT2D eigenvalue weighted by Gasteiger charge is 2.57. The maximum Gasteiger partial charge on any atom is 0.305 e. The van der Waals surface area contributed by atoms with E-state index in [9.17, 15) is 4.79 Å². The monoisotopic (exact) mass is 434 g/mol. The number of allylic oxidation sites excluding steroid dienone is 2. The molecule has 1 aromatic rings. The summed E-state index contributed by atoms with van der Waals surface area (Å²) in [6, 6.07) is 10.8. The van der Waals surface area contributed by atoms with Crippen LogP contribution >= 0.6 is 15.9 Å². The molecule has 1 aromatic carbocycles. The van der Waals surface area contributed by atoms with Gasteiger partial charge in [0.15, 0.2) is 0 Å². The Morgan fingerprint density at radius 1 is 1.33 bits per heavy atom. The maximum atomic E-state index is 11.2. The Labute approximate surface area is 171 Å². The highest BCUT2D eigenvalue weighted by molar-refractivity contribution is 9.09. The molecule has 4 heteroatoms. The van der Waals surface area contributed by atoms with Crippen molar-refractivity contribution in [1.82, 2.24) is 0 Å². The largest absolute Gasteiger partial charge is 0.469 e. The fraction of sp³-hybridized carbons (Fsp3) is 0.609. The number of rotatable bonds is 10. The smallest absolute Gasteiger partial charge is 0.305 e. The van der Waals surface area contributed by atoms with E-state index in [2.05, 4.69) is 58.4 Å². The summed E-state index contributed by atoms with van der Waals surface area (Å²) in [7, 11) is 1.45. The lowest BCUT2D eigenvalue weighted by atomic mass is 9.70. The molecule has 2 fully saturated rings. The Kier molecular flexibility index (Phi) is 7.54. The molecule has 1 heterocycles. The van der Waals surface area contributed by atoms with E-state index >= 15 is 0 Å². The molecule has 2 aliphatic rings. The molecule has 27 heavy (non-hydrogen) atoms. The second-order valence-electron chi connectivity index (χ2n) is 8.00. The van der Waals surface area contributed by atoms with E-state index in [1.165, 1.54) is 25.5 Å². The number of carbonyl (C=O) groups is 1. The summed E-state index contributed by atoms with van der Waals surface area (Å²) in [5.41, 5.74) is 1.74. The Morgan fingerprint density at radius 3 is 2.89 bits per heavy atom. The van der Waals surface area contributed by atoms with Crippen molar-refractivity contribution in [2.75, 3.05) is 19.0 Å². The summed E-state index contributed by atoms with van der Waals surface area (Å²) < 4.78 is 10.9. The highest BCUT2D eigenvalue weighted by Crippen LogP contribution is 2.57. The van der Waals surface area contributed by atoms with Crippen molar-refractivity contribution in [2.24, 2.45) is 17.3 Å². The van der Waals surface area contributed by atoms with Crippen LogP contribution in [0.25, 0.3) is 0 Å². The summed E-state index contributed by atoms with van der Waals surface area (Å²) in [6.45, 7) is 0.912. The lowest BCUT2D eigenvalue weighted by Gasteiger charge is -2.38. The summed E-state index contributed by atoms with van der Waals surface area (Å²) in [5.74, 6) is 1.17. The maximum absolute atomic E-state index is 11.2. The van der Waals surface area contributed by atoms with Crippen LogP contribution in [0.3, 0.4) is 0 Å². The third kappa shape index (κ3) is 5.03. The van der Waals surface area contributed by atoms with Crippen molar-refractivity contribution in [1.29, 1.82) is 0 Å². The summed E-state index contributed by atoms with van der Waals surface area (Å²) in [5, 5.41) is 1.02. The molecular weight excluding hydrogens is 404 g/mol. The molecule has 2 bridgehead atoms. The molecule has 148 valence electrons. The normalized spacial score (nSPS) is 29.5. The van der Waals surface area contributed by atoms with Gasteiger partial charge >= 0.3 is 5.97 Å². The molecule has 1 saturated heterocycles. The third-order valence-electron chi connectivity index (χ3n) is 6.44. The Hall–Kier alpha value is -1.13. The molecule has 1 saturated carbocycles. The van der Waals surface area contributed by atoms with Gasteiger partial charge in [-0.25, -0.2) is 0 Å². The Bertz CT molecular complexity index is 630. The van der Waals surface area contributed by atoms with Gasteiger partial charge in [-0.05, 0) is 55.9 Å². The van der Waals surface area contributed by atoms with Crippen LogP contribution in [0.1, 0.15) is 44.1 Å². The minimum absolute atomic E-state index is 0.118. The zero-order valence-corrected chi connectivity index (χ0v) is 17.8. The molecule has 4 atom stereocenters. The fourth-order valence-corrected chi connectivity index (χ4v) is 5.76. The van der Waals surface area contributed by atoms with Crippen molar-refractivity contribution < 1.29 is 14.3 Å². The van der Waals surface area contributed by atoms with Gasteiger partial charge in [0.25, 0.3) is 0 Å². The number of hydrogen-bond donors (Lipinski definition) is 0. The average molecular weight is 435 g/mol. The quantitative estimate of drug-likeness (QED) is 0.216. The fourth-order valence-electron chi connectivity index (χ4n) is 4.89. The summed E-state index contributed by atoms with van der Waals surface area (Å²) >= 11 is 3.74. The van der Waals surface area contributed by atoms with Crippen LogP contribution in [-0.2, 0) is 20.7 Å². The number of hydrogen-bond acceptors (Lipinski definition) is 3. The van der Waals surface area contributed by atoms with Crippen molar-refractivity contribution in [3.8, 4) is 0 Å². The zero-order chi connectivity index (χ0) is 19.1. The topological polar surface area (TPSA) is 35.5 Å². The van der Waals surface area contributed by atoms with Crippen molar-refractivity contribution >= 4 is 21.9 Å². The van der Waals surface area contributed by atoms with E-state index in [0.717, 1.165) is 37.6 Å². The summed E-state index contributed by atoms with van der Waals surface area (Å²) in [4.78, 5) is 11.2. The second kappa shape index (κ2) is 9.88. The van der Waals surface area contributed by atoms with Crippen LogP contribution in [0.2, 0.25) is 0 Å². The van der Waals surface area contributed by atoms with Gasteiger partial charge in [0, 0.05) is 17.2 Å². The Balaban J connectivity index is 1.56. The number of aryl methyl sites for hydroxylation is 1. The predicted octanol–water partition coefficient (Wildman–Crippen LogP) is 5.33. The number of esters is 1. The van der Waals surface area contributed by atoms with Crippen molar-refractivity contribution in [3.05, 3.63) is 48.0 Å². The van der Waals surface area contributed by atoms with E-state index in [0.29, 0.717) is 29.8 Å².